The largest absolute Gasteiger partial charge is 0.219 e. The molecule has 1 aliphatic rings. The third-order valence-electron chi connectivity index (χ3n) is 2.89. The van der Waals surface area contributed by atoms with Gasteiger partial charge in [0, 0.05) is 4.91 Å². The van der Waals surface area contributed by atoms with Crippen LogP contribution < -0.4 is 0 Å². The minimum Gasteiger partial charge on any atom is -0.219 e. The normalized spacial score (nSPS) is 21.3. The van der Waals surface area contributed by atoms with Crippen molar-refractivity contribution in [3.8, 4) is 0 Å². The predicted octanol–water partition coefficient (Wildman–Crippen LogP) is 3.66. The molecule has 92 valence electrons. The van der Waals surface area contributed by atoms with E-state index in [0.29, 0.717) is 9.81 Å². The van der Waals surface area contributed by atoms with Crippen LogP contribution in [0.2, 0.25) is 0 Å². The summed E-state index contributed by atoms with van der Waals surface area (Å²) in [5.74, 6) is 0. The first kappa shape index (κ1) is 13.5. The zero-order chi connectivity index (χ0) is 12.9. The zero-order valence-corrected chi connectivity index (χ0v) is 12.1. The van der Waals surface area contributed by atoms with Crippen molar-refractivity contribution < 1.29 is 8.42 Å². The summed E-state index contributed by atoms with van der Waals surface area (Å²) in [5.41, 5.74) is 0.495. The number of allylic oxidation sites excluding steroid dienone is 4. The van der Waals surface area contributed by atoms with Crippen molar-refractivity contribution in [3.63, 3.8) is 0 Å². The second kappa shape index (κ2) is 3.46. The Morgan fingerprint density at radius 2 is 1.38 bits per heavy atom. The molecule has 0 aromatic rings. The summed E-state index contributed by atoms with van der Waals surface area (Å²) in [6, 6.07) is 0. The highest BCUT2D eigenvalue weighted by Crippen LogP contribution is 2.45. The molecule has 1 heterocycles. The van der Waals surface area contributed by atoms with Crippen LogP contribution in [0.5, 0.6) is 0 Å². The molecule has 0 unspecified atom stereocenters. The van der Waals surface area contributed by atoms with Crippen molar-refractivity contribution in [2.45, 2.75) is 48.5 Å². The Labute approximate surface area is 99.4 Å². The first-order chi connectivity index (χ1) is 6.88. The topological polar surface area (TPSA) is 34.1 Å². The van der Waals surface area contributed by atoms with Crippen LogP contribution in [-0.4, -0.2) is 8.42 Å². The van der Waals surface area contributed by atoms with Crippen LogP contribution in [0.25, 0.3) is 0 Å². The summed E-state index contributed by atoms with van der Waals surface area (Å²) in [6.45, 7) is 13.7. The highest BCUT2D eigenvalue weighted by molar-refractivity contribution is 7.99. The molecular weight excluding hydrogens is 220 g/mol. The average molecular weight is 242 g/mol. The van der Waals surface area contributed by atoms with Gasteiger partial charge in [0.15, 0.2) is 9.84 Å². The SMILES string of the molecule is CC1=C(C(C)(C)C)C=C(C(C)(C)C)S1(=O)=O. The summed E-state index contributed by atoms with van der Waals surface area (Å²) < 4.78 is 24.5. The van der Waals surface area contributed by atoms with Crippen LogP contribution in [0.4, 0.5) is 0 Å². The highest BCUT2D eigenvalue weighted by atomic mass is 32.2. The van der Waals surface area contributed by atoms with Crippen molar-refractivity contribution in [2.75, 3.05) is 0 Å². The van der Waals surface area contributed by atoms with Gasteiger partial charge in [0.25, 0.3) is 0 Å². The molecule has 0 aromatic heterocycles. The van der Waals surface area contributed by atoms with E-state index in [1.54, 1.807) is 6.92 Å². The lowest BCUT2D eigenvalue weighted by Crippen LogP contribution is -2.16. The van der Waals surface area contributed by atoms with Gasteiger partial charge in [-0.2, -0.15) is 0 Å². The van der Waals surface area contributed by atoms with Gasteiger partial charge in [-0.25, -0.2) is 8.42 Å². The molecule has 0 saturated carbocycles. The number of rotatable bonds is 0. The lowest BCUT2D eigenvalue weighted by Gasteiger charge is -2.20. The Morgan fingerprint density at radius 3 is 1.56 bits per heavy atom. The summed E-state index contributed by atoms with van der Waals surface area (Å²) >= 11 is 0. The maximum atomic E-state index is 12.3. The Balaban J connectivity index is 3.47. The molecular formula is C13H22O2S. The van der Waals surface area contributed by atoms with Crippen LogP contribution in [0.1, 0.15) is 48.5 Å². The number of sulfone groups is 1. The van der Waals surface area contributed by atoms with Gasteiger partial charge in [-0.1, -0.05) is 41.5 Å². The molecule has 16 heavy (non-hydrogen) atoms. The maximum Gasteiger partial charge on any atom is 0.199 e. The molecule has 0 fully saturated rings. The van der Waals surface area contributed by atoms with Gasteiger partial charge in [-0.3, -0.25) is 0 Å². The molecule has 0 amide bonds. The second-order valence-corrected chi connectivity index (χ2v) is 8.54. The molecule has 0 aromatic carbocycles. The van der Waals surface area contributed by atoms with Crippen molar-refractivity contribution >= 4 is 9.84 Å². The first-order valence-electron chi connectivity index (χ1n) is 5.57. The Bertz CT molecular complexity index is 463. The molecule has 1 aliphatic heterocycles. The van der Waals surface area contributed by atoms with E-state index in [1.165, 1.54) is 0 Å². The van der Waals surface area contributed by atoms with Gasteiger partial charge in [0.2, 0.25) is 0 Å². The van der Waals surface area contributed by atoms with E-state index >= 15 is 0 Å². The van der Waals surface area contributed by atoms with Gasteiger partial charge in [0.05, 0.1) is 4.91 Å². The molecule has 0 atom stereocenters. The molecule has 2 nitrogen and oxygen atoms in total. The van der Waals surface area contributed by atoms with Crippen LogP contribution in [-0.2, 0) is 9.84 Å². The van der Waals surface area contributed by atoms with Crippen molar-refractivity contribution in [1.82, 2.24) is 0 Å². The number of hydrogen-bond donors (Lipinski definition) is 0. The smallest absolute Gasteiger partial charge is 0.199 e. The van der Waals surface area contributed by atoms with Crippen LogP contribution in [0.3, 0.4) is 0 Å². The lowest BCUT2D eigenvalue weighted by atomic mass is 9.84. The summed E-state index contributed by atoms with van der Waals surface area (Å²) in [5, 5.41) is 0. The first-order valence-corrected chi connectivity index (χ1v) is 7.05. The van der Waals surface area contributed by atoms with E-state index < -0.39 is 9.84 Å². The van der Waals surface area contributed by atoms with Crippen molar-refractivity contribution in [2.24, 2.45) is 10.8 Å². The fourth-order valence-corrected chi connectivity index (χ4v) is 4.05. The average Bonchev–Trinajstić information content (AvgIpc) is 2.20. The van der Waals surface area contributed by atoms with Gasteiger partial charge < -0.3 is 0 Å². The van der Waals surface area contributed by atoms with Crippen molar-refractivity contribution in [1.29, 1.82) is 0 Å². The molecule has 0 aliphatic carbocycles. The van der Waals surface area contributed by atoms with E-state index in [9.17, 15) is 8.42 Å². The Kier molecular flexibility index (Phi) is 2.92. The quantitative estimate of drug-likeness (QED) is 0.649. The van der Waals surface area contributed by atoms with Crippen molar-refractivity contribution in [3.05, 3.63) is 21.5 Å². The summed E-state index contributed by atoms with van der Waals surface area (Å²) in [6.07, 6.45) is 1.87. The molecule has 3 heteroatoms. The third-order valence-corrected chi connectivity index (χ3v) is 5.23. The molecule has 0 spiro atoms. The van der Waals surface area contributed by atoms with Gasteiger partial charge in [-0.15, -0.1) is 0 Å². The van der Waals surface area contributed by atoms with Crippen LogP contribution in [0, 0.1) is 10.8 Å². The Hall–Kier alpha value is -0.570. The summed E-state index contributed by atoms with van der Waals surface area (Å²) in [7, 11) is -3.22. The fraction of sp³-hybridized carbons (Fsp3) is 0.692. The minimum absolute atomic E-state index is 0.121. The monoisotopic (exact) mass is 242 g/mol. The lowest BCUT2D eigenvalue weighted by molar-refractivity contribution is 0.506. The molecule has 0 saturated heterocycles. The maximum absolute atomic E-state index is 12.3. The Morgan fingerprint density at radius 1 is 0.938 bits per heavy atom. The van der Waals surface area contributed by atoms with E-state index in [4.69, 9.17) is 0 Å². The van der Waals surface area contributed by atoms with E-state index in [1.807, 2.05) is 47.6 Å². The van der Waals surface area contributed by atoms with Gasteiger partial charge in [0.1, 0.15) is 0 Å². The zero-order valence-electron chi connectivity index (χ0n) is 11.3. The standard InChI is InChI=1S/C13H22O2S/c1-9-10(12(2,3)4)8-11(13(5,6)7)16(9,14)15/h8H,1-7H3. The van der Waals surface area contributed by atoms with Crippen LogP contribution in [0.15, 0.2) is 21.5 Å². The van der Waals surface area contributed by atoms with Crippen LogP contribution >= 0.6 is 0 Å². The van der Waals surface area contributed by atoms with Gasteiger partial charge in [-0.05, 0) is 29.4 Å². The third kappa shape index (κ3) is 2.10. The molecule has 0 N–H and O–H groups in total. The van der Waals surface area contributed by atoms with Gasteiger partial charge >= 0.3 is 0 Å². The fourth-order valence-electron chi connectivity index (χ4n) is 1.98. The number of hydrogen-bond acceptors (Lipinski definition) is 2. The molecule has 0 bridgehead atoms. The predicted molar refractivity (Wildman–Crippen MR) is 68.6 cm³/mol. The van der Waals surface area contributed by atoms with E-state index in [2.05, 4.69) is 0 Å². The highest BCUT2D eigenvalue weighted by Gasteiger charge is 2.39. The second-order valence-electron chi connectivity index (χ2n) is 6.48. The summed E-state index contributed by atoms with van der Waals surface area (Å²) in [4.78, 5) is 1.06. The van der Waals surface area contributed by atoms with E-state index in [0.717, 1.165) is 5.57 Å². The minimum atomic E-state index is -3.22. The molecule has 1 rings (SSSR count). The van der Waals surface area contributed by atoms with E-state index in [-0.39, 0.29) is 10.8 Å². The molecule has 0 radical (unpaired) electrons.